The second-order valence-electron chi connectivity index (χ2n) is 10.6. The van der Waals surface area contributed by atoms with Crippen molar-refractivity contribution in [2.45, 2.75) is 5.92 Å². The molecule has 0 amide bonds. The quantitative estimate of drug-likeness (QED) is 0.167. The summed E-state index contributed by atoms with van der Waals surface area (Å²) in [4.78, 5) is 27.7. The van der Waals surface area contributed by atoms with Crippen LogP contribution in [0.15, 0.2) is 134 Å². The first-order valence-electron chi connectivity index (χ1n) is 13.8. The van der Waals surface area contributed by atoms with E-state index in [2.05, 4.69) is 0 Å². The minimum Gasteiger partial charge on any atom is -0.507 e. The monoisotopic (exact) mass is 562 g/mol. The molecule has 6 heteroatoms. The molecule has 0 saturated heterocycles. The molecule has 0 spiro atoms. The lowest BCUT2D eigenvalue weighted by Crippen LogP contribution is -2.21. The number of hydrogen-bond donors (Lipinski definition) is 2. The molecular formula is C37H22O6. The van der Waals surface area contributed by atoms with Gasteiger partial charge in [0.25, 0.3) is 0 Å². The van der Waals surface area contributed by atoms with E-state index in [1.165, 1.54) is 0 Å². The fraction of sp³-hybridized carbons (Fsp3) is 0.0270. The lowest BCUT2D eigenvalue weighted by atomic mass is 9.82. The molecule has 0 saturated carbocycles. The van der Waals surface area contributed by atoms with Crippen molar-refractivity contribution in [1.29, 1.82) is 0 Å². The van der Waals surface area contributed by atoms with Gasteiger partial charge in [-0.2, -0.15) is 0 Å². The Hall–Kier alpha value is -5.88. The van der Waals surface area contributed by atoms with Gasteiger partial charge in [0.05, 0.1) is 27.8 Å². The highest BCUT2D eigenvalue weighted by molar-refractivity contribution is 6.10. The van der Waals surface area contributed by atoms with Gasteiger partial charge in [0.2, 0.25) is 0 Å². The topological polar surface area (TPSA) is 101 Å². The molecule has 2 aromatic heterocycles. The summed E-state index contributed by atoms with van der Waals surface area (Å²) < 4.78 is 11.7. The van der Waals surface area contributed by atoms with E-state index in [1.807, 2.05) is 97.1 Å². The number of hydrogen-bond acceptors (Lipinski definition) is 6. The van der Waals surface area contributed by atoms with E-state index in [9.17, 15) is 19.8 Å². The fourth-order valence-corrected chi connectivity index (χ4v) is 6.40. The summed E-state index contributed by atoms with van der Waals surface area (Å²) in [6.45, 7) is 0. The van der Waals surface area contributed by atoms with Crippen LogP contribution < -0.4 is 11.3 Å². The molecule has 6 aromatic carbocycles. The van der Waals surface area contributed by atoms with Crippen LogP contribution in [0, 0.1) is 0 Å². The molecule has 8 aromatic rings. The Morgan fingerprint density at radius 3 is 1.40 bits per heavy atom. The predicted molar refractivity (Wildman–Crippen MR) is 168 cm³/mol. The van der Waals surface area contributed by atoms with Crippen molar-refractivity contribution in [2.75, 3.05) is 0 Å². The van der Waals surface area contributed by atoms with Crippen LogP contribution in [0.1, 0.15) is 22.6 Å². The van der Waals surface area contributed by atoms with Gasteiger partial charge in [0.15, 0.2) is 0 Å². The summed E-state index contributed by atoms with van der Waals surface area (Å²) in [7, 11) is 0. The van der Waals surface area contributed by atoms with Crippen LogP contribution in [0.4, 0.5) is 0 Å². The van der Waals surface area contributed by atoms with Crippen molar-refractivity contribution < 1.29 is 19.0 Å². The van der Waals surface area contributed by atoms with Gasteiger partial charge in [-0.05, 0) is 50.0 Å². The molecule has 6 nitrogen and oxygen atoms in total. The van der Waals surface area contributed by atoms with Crippen LogP contribution in [0.3, 0.4) is 0 Å². The van der Waals surface area contributed by atoms with Gasteiger partial charge < -0.3 is 19.0 Å². The molecule has 2 N–H and O–H groups in total. The van der Waals surface area contributed by atoms with Crippen LogP contribution >= 0.6 is 0 Å². The minimum atomic E-state index is -1.23. The number of rotatable bonds is 3. The molecule has 0 radical (unpaired) electrons. The van der Waals surface area contributed by atoms with E-state index < -0.39 is 17.2 Å². The molecule has 0 bridgehead atoms. The third-order valence-electron chi connectivity index (χ3n) is 8.32. The standard InChI is InChI=1S/C37H22O6/c38-34-29-24-13-5-2-9-21(24)16-18-27(29)42-36(40)32(34)31(26-15-7-11-20-8-1-4-12-23(20)26)33-35(39)30-25-14-6-3-10-22(25)17-19-28(30)43-37(33)41/h1-19,31,38-39H. The van der Waals surface area contributed by atoms with E-state index in [0.29, 0.717) is 27.1 Å². The van der Waals surface area contributed by atoms with E-state index in [4.69, 9.17) is 8.83 Å². The van der Waals surface area contributed by atoms with Gasteiger partial charge in [0.1, 0.15) is 22.7 Å². The Morgan fingerprint density at radius 2 is 0.884 bits per heavy atom. The highest BCUT2D eigenvalue weighted by Gasteiger charge is 2.34. The molecule has 0 aliphatic rings. The van der Waals surface area contributed by atoms with Gasteiger partial charge >= 0.3 is 11.3 Å². The molecule has 2 heterocycles. The zero-order valence-corrected chi connectivity index (χ0v) is 22.6. The number of fused-ring (bicyclic) bond motifs is 7. The van der Waals surface area contributed by atoms with E-state index >= 15 is 0 Å². The van der Waals surface area contributed by atoms with Gasteiger partial charge in [-0.25, -0.2) is 9.59 Å². The van der Waals surface area contributed by atoms with Gasteiger partial charge in [-0.15, -0.1) is 0 Å². The van der Waals surface area contributed by atoms with Gasteiger partial charge in [0, 0.05) is 0 Å². The van der Waals surface area contributed by atoms with Crippen molar-refractivity contribution in [3.63, 3.8) is 0 Å². The van der Waals surface area contributed by atoms with Crippen molar-refractivity contribution in [1.82, 2.24) is 0 Å². The fourth-order valence-electron chi connectivity index (χ4n) is 6.40. The van der Waals surface area contributed by atoms with E-state index in [0.717, 1.165) is 21.5 Å². The molecule has 0 atom stereocenters. The van der Waals surface area contributed by atoms with Crippen LogP contribution in [-0.2, 0) is 0 Å². The molecule has 206 valence electrons. The Balaban J connectivity index is 1.57. The zero-order chi connectivity index (χ0) is 29.2. The first-order valence-corrected chi connectivity index (χ1v) is 13.8. The molecule has 0 unspecified atom stereocenters. The van der Waals surface area contributed by atoms with Crippen molar-refractivity contribution >= 4 is 54.3 Å². The Morgan fingerprint density at radius 1 is 0.465 bits per heavy atom. The normalized spacial score (nSPS) is 11.8. The minimum absolute atomic E-state index is 0.164. The maximum atomic E-state index is 13.9. The third-order valence-corrected chi connectivity index (χ3v) is 8.32. The molecule has 8 rings (SSSR count). The smallest absolute Gasteiger partial charge is 0.344 e. The first-order chi connectivity index (χ1) is 21.0. The lowest BCUT2D eigenvalue weighted by Gasteiger charge is -2.22. The first kappa shape index (κ1) is 24.9. The summed E-state index contributed by atoms with van der Waals surface area (Å²) >= 11 is 0. The van der Waals surface area contributed by atoms with Crippen LogP contribution in [0.25, 0.3) is 54.3 Å². The molecule has 0 fully saturated rings. The average molecular weight is 563 g/mol. The van der Waals surface area contributed by atoms with Gasteiger partial charge in [-0.1, -0.05) is 103 Å². The summed E-state index contributed by atoms with van der Waals surface area (Å²) in [6.07, 6.45) is 0. The van der Waals surface area contributed by atoms with E-state index in [-0.39, 0.29) is 33.8 Å². The molecular weight excluding hydrogens is 540 g/mol. The molecule has 0 aliphatic heterocycles. The second kappa shape index (κ2) is 9.33. The third kappa shape index (κ3) is 3.66. The molecule has 0 aliphatic carbocycles. The Kier molecular flexibility index (Phi) is 5.40. The largest absolute Gasteiger partial charge is 0.507 e. The zero-order valence-electron chi connectivity index (χ0n) is 22.6. The lowest BCUT2D eigenvalue weighted by molar-refractivity contribution is 0.442. The van der Waals surface area contributed by atoms with Crippen molar-refractivity contribution in [2.24, 2.45) is 0 Å². The van der Waals surface area contributed by atoms with E-state index in [1.54, 1.807) is 18.2 Å². The average Bonchev–Trinajstić information content (AvgIpc) is 3.03. The summed E-state index contributed by atoms with van der Waals surface area (Å²) in [5, 5.41) is 29.3. The molecule has 43 heavy (non-hydrogen) atoms. The van der Waals surface area contributed by atoms with Gasteiger partial charge in [-0.3, -0.25) is 0 Å². The Labute approximate surface area is 243 Å². The highest BCUT2D eigenvalue weighted by Crippen LogP contribution is 2.46. The maximum absolute atomic E-state index is 13.9. The predicted octanol–water partition coefficient (Wildman–Crippen LogP) is 7.95. The van der Waals surface area contributed by atoms with Crippen molar-refractivity contribution in [3.8, 4) is 11.5 Å². The summed E-state index contributed by atoms with van der Waals surface area (Å²) in [5.41, 5.74) is -1.03. The SMILES string of the molecule is O=c1oc2ccc3ccccc3c2c(O)c1C(c1c(O)c2c(ccc3ccccc32)oc1=O)c1cccc2ccccc12. The second-order valence-corrected chi connectivity index (χ2v) is 10.6. The summed E-state index contributed by atoms with van der Waals surface area (Å²) in [5.74, 6) is -1.87. The number of benzene rings is 6. The van der Waals surface area contributed by atoms with Crippen LogP contribution in [-0.4, -0.2) is 10.2 Å². The Bertz CT molecular complexity index is 2400. The van der Waals surface area contributed by atoms with Crippen LogP contribution in [0.2, 0.25) is 0 Å². The summed E-state index contributed by atoms with van der Waals surface area (Å²) in [6, 6.07) is 34.9. The maximum Gasteiger partial charge on any atom is 0.344 e. The van der Waals surface area contributed by atoms with Crippen LogP contribution in [0.5, 0.6) is 11.5 Å². The number of aromatic hydroxyl groups is 2. The highest BCUT2D eigenvalue weighted by atomic mass is 16.4. The van der Waals surface area contributed by atoms with Crippen molar-refractivity contribution in [3.05, 3.63) is 153 Å².